The molecule has 0 amide bonds. The molecule has 1 aromatic carbocycles. The molecule has 1 aromatic heterocycles. The van der Waals surface area contributed by atoms with Crippen LogP contribution in [0.1, 0.15) is 20.3 Å². The van der Waals surface area contributed by atoms with Gasteiger partial charge >= 0.3 is 0 Å². The lowest BCUT2D eigenvalue weighted by molar-refractivity contribution is 0.760. The smallest absolute Gasteiger partial charge is 0.225 e. The molecule has 106 valence electrons. The van der Waals surface area contributed by atoms with Crippen LogP contribution in [0, 0.1) is 0 Å². The van der Waals surface area contributed by atoms with Gasteiger partial charge in [-0.05, 0) is 31.5 Å². The van der Waals surface area contributed by atoms with Gasteiger partial charge in [0.15, 0.2) is 0 Å². The second-order valence-corrected chi connectivity index (χ2v) is 4.80. The van der Waals surface area contributed by atoms with Crippen LogP contribution in [0.5, 0.6) is 0 Å². The summed E-state index contributed by atoms with van der Waals surface area (Å²) >= 11 is 0. The molecule has 2 rings (SSSR count). The Bertz CT molecular complexity index is 608. The molecule has 0 spiro atoms. The molecule has 20 heavy (non-hydrogen) atoms. The van der Waals surface area contributed by atoms with Gasteiger partial charge in [-0.3, -0.25) is 0 Å². The minimum atomic E-state index is 0.335. The molecule has 0 saturated carbocycles. The van der Waals surface area contributed by atoms with Crippen molar-refractivity contribution in [1.29, 1.82) is 0 Å². The van der Waals surface area contributed by atoms with Crippen LogP contribution in [0.25, 0.3) is 10.9 Å². The topological polar surface area (TPSA) is 75.9 Å². The zero-order valence-corrected chi connectivity index (χ0v) is 12.0. The highest BCUT2D eigenvalue weighted by molar-refractivity contribution is 5.92. The molecule has 1 atom stereocenters. The van der Waals surface area contributed by atoms with E-state index in [-0.39, 0.29) is 0 Å². The highest BCUT2D eigenvalue weighted by Crippen LogP contribution is 2.25. The molecular weight excluding hydrogens is 250 g/mol. The Kier molecular flexibility index (Phi) is 4.40. The third kappa shape index (κ3) is 3.17. The number of fused-ring (bicyclic) bond motifs is 1. The van der Waals surface area contributed by atoms with Crippen molar-refractivity contribution in [2.45, 2.75) is 26.3 Å². The first-order chi connectivity index (χ1) is 9.63. The van der Waals surface area contributed by atoms with Crippen LogP contribution in [0.15, 0.2) is 30.9 Å². The first-order valence-electron chi connectivity index (χ1n) is 6.82. The number of aromatic nitrogens is 2. The zero-order valence-electron chi connectivity index (χ0n) is 12.0. The minimum Gasteiger partial charge on any atom is -0.399 e. The third-order valence-corrected chi connectivity index (χ3v) is 3.12. The number of nitrogens with zero attached hydrogens (tertiary/aromatic N) is 2. The first-order valence-corrected chi connectivity index (χ1v) is 6.82. The Morgan fingerprint density at radius 2 is 2.20 bits per heavy atom. The lowest BCUT2D eigenvalue weighted by Gasteiger charge is -2.15. The molecule has 1 heterocycles. The summed E-state index contributed by atoms with van der Waals surface area (Å²) in [5, 5.41) is 7.47. The number of anilines is 3. The SMILES string of the molecule is C=CCNc1nc(NC(C)CC)c2cc(N)ccc2n1. The monoisotopic (exact) mass is 271 g/mol. The molecule has 4 N–H and O–H groups in total. The normalized spacial score (nSPS) is 12.1. The maximum atomic E-state index is 5.86. The molecule has 5 heteroatoms. The fraction of sp³-hybridized carbons (Fsp3) is 0.333. The molecular formula is C15H21N5. The molecule has 0 aliphatic heterocycles. The zero-order chi connectivity index (χ0) is 14.5. The van der Waals surface area contributed by atoms with Crippen LogP contribution in [-0.4, -0.2) is 22.6 Å². The van der Waals surface area contributed by atoms with Crippen LogP contribution in [0.2, 0.25) is 0 Å². The van der Waals surface area contributed by atoms with Gasteiger partial charge in [0.25, 0.3) is 0 Å². The predicted molar refractivity (Wildman–Crippen MR) is 86.0 cm³/mol. The molecule has 2 aromatic rings. The number of nitrogen functional groups attached to an aromatic ring is 1. The highest BCUT2D eigenvalue weighted by Gasteiger charge is 2.09. The van der Waals surface area contributed by atoms with Crippen molar-refractivity contribution >= 4 is 28.4 Å². The largest absolute Gasteiger partial charge is 0.399 e. The molecule has 0 aliphatic rings. The number of benzene rings is 1. The third-order valence-electron chi connectivity index (χ3n) is 3.12. The number of hydrogen-bond acceptors (Lipinski definition) is 5. The minimum absolute atomic E-state index is 0.335. The van der Waals surface area contributed by atoms with Crippen molar-refractivity contribution in [3.8, 4) is 0 Å². The molecule has 5 nitrogen and oxygen atoms in total. The van der Waals surface area contributed by atoms with Crippen LogP contribution in [0.4, 0.5) is 17.5 Å². The van der Waals surface area contributed by atoms with E-state index in [1.165, 1.54) is 0 Å². The van der Waals surface area contributed by atoms with E-state index >= 15 is 0 Å². The van der Waals surface area contributed by atoms with Crippen molar-refractivity contribution in [2.24, 2.45) is 0 Å². The van der Waals surface area contributed by atoms with Crippen molar-refractivity contribution in [2.75, 3.05) is 22.9 Å². The molecule has 0 radical (unpaired) electrons. The summed E-state index contributed by atoms with van der Waals surface area (Å²) in [5.74, 6) is 1.40. The van der Waals surface area contributed by atoms with Crippen molar-refractivity contribution in [3.63, 3.8) is 0 Å². The van der Waals surface area contributed by atoms with Crippen molar-refractivity contribution in [1.82, 2.24) is 9.97 Å². The summed E-state index contributed by atoms with van der Waals surface area (Å²) in [6.45, 7) is 8.57. The highest BCUT2D eigenvalue weighted by atomic mass is 15.1. The predicted octanol–water partition coefficient (Wildman–Crippen LogP) is 3.02. The van der Waals surface area contributed by atoms with Crippen molar-refractivity contribution in [3.05, 3.63) is 30.9 Å². The lowest BCUT2D eigenvalue weighted by Crippen LogP contribution is -2.16. The van der Waals surface area contributed by atoms with Crippen LogP contribution in [0.3, 0.4) is 0 Å². The van der Waals surface area contributed by atoms with Gasteiger partial charge in [-0.15, -0.1) is 6.58 Å². The molecule has 0 fully saturated rings. The van der Waals surface area contributed by atoms with Gasteiger partial charge in [0.2, 0.25) is 5.95 Å². The Morgan fingerprint density at radius 3 is 2.90 bits per heavy atom. The summed E-state index contributed by atoms with van der Waals surface area (Å²) in [4.78, 5) is 9.01. The quantitative estimate of drug-likeness (QED) is 0.556. The van der Waals surface area contributed by atoms with Gasteiger partial charge < -0.3 is 16.4 Å². The van der Waals surface area contributed by atoms with Gasteiger partial charge in [-0.2, -0.15) is 4.98 Å². The van der Waals surface area contributed by atoms with E-state index in [9.17, 15) is 0 Å². The van der Waals surface area contributed by atoms with Gasteiger partial charge in [0.1, 0.15) is 5.82 Å². The fourth-order valence-corrected chi connectivity index (χ4v) is 1.83. The molecule has 0 aliphatic carbocycles. The molecule has 0 bridgehead atoms. The maximum absolute atomic E-state index is 5.86. The second-order valence-electron chi connectivity index (χ2n) is 4.80. The van der Waals surface area contributed by atoms with Crippen LogP contribution < -0.4 is 16.4 Å². The summed E-state index contributed by atoms with van der Waals surface area (Å²) in [7, 11) is 0. The van der Waals surface area contributed by atoms with Gasteiger partial charge in [-0.1, -0.05) is 13.0 Å². The van der Waals surface area contributed by atoms with E-state index in [4.69, 9.17) is 5.73 Å². The van der Waals surface area contributed by atoms with Gasteiger partial charge in [-0.25, -0.2) is 4.98 Å². The van der Waals surface area contributed by atoms with Crippen LogP contribution in [-0.2, 0) is 0 Å². The maximum Gasteiger partial charge on any atom is 0.225 e. The summed E-state index contributed by atoms with van der Waals surface area (Å²) in [6.07, 6.45) is 2.79. The Morgan fingerprint density at radius 1 is 1.40 bits per heavy atom. The Labute approximate surface area is 119 Å². The van der Waals surface area contributed by atoms with E-state index in [1.807, 2.05) is 18.2 Å². The molecule has 0 saturated heterocycles. The number of nitrogens with two attached hydrogens (primary N) is 1. The number of nitrogens with one attached hydrogen (secondary N) is 2. The first kappa shape index (κ1) is 14.1. The van der Waals surface area contributed by atoms with E-state index in [1.54, 1.807) is 6.08 Å². The average Bonchev–Trinajstić information content (AvgIpc) is 2.45. The van der Waals surface area contributed by atoms with Crippen molar-refractivity contribution < 1.29 is 0 Å². The van der Waals surface area contributed by atoms with E-state index in [0.29, 0.717) is 24.2 Å². The van der Waals surface area contributed by atoms with Gasteiger partial charge in [0, 0.05) is 23.7 Å². The molecule has 1 unspecified atom stereocenters. The Hall–Kier alpha value is -2.30. The Balaban J connectivity index is 2.47. The number of hydrogen-bond donors (Lipinski definition) is 3. The summed E-state index contributed by atoms with van der Waals surface area (Å²) < 4.78 is 0. The summed E-state index contributed by atoms with van der Waals surface area (Å²) in [5.41, 5.74) is 7.44. The van der Waals surface area contributed by atoms with E-state index in [0.717, 1.165) is 23.1 Å². The fourth-order valence-electron chi connectivity index (χ4n) is 1.83. The number of rotatable bonds is 6. The summed E-state index contributed by atoms with van der Waals surface area (Å²) in [6, 6.07) is 5.99. The average molecular weight is 271 g/mol. The second kappa shape index (κ2) is 6.23. The van der Waals surface area contributed by atoms with E-state index < -0.39 is 0 Å². The lowest BCUT2D eigenvalue weighted by atomic mass is 10.2. The van der Waals surface area contributed by atoms with Crippen LogP contribution >= 0.6 is 0 Å². The standard InChI is InChI=1S/C15H21N5/c1-4-8-17-15-19-13-7-6-11(16)9-12(13)14(20-15)18-10(3)5-2/h4,6-7,9-10H,1,5,8,16H2,2-3H3,(H2,17,18,19,20). The van der Waals surface area contributed by atoms with Gasteiger partial charge in [0.05, 0.1) is 5.52 Å². The van der Waals surface area contributed by atoms with E-state index in [2.05, 4.69) is 41.0 Å².